The van der Waals surface area contributed by atoms with Crippen molar-refractivity contribution < 1.29 is 0 Å². The molecule has 24 heavy (non-hydrogen) atoms. The van der Waals surface area contributed by atoms with Crippen LogP contribution in [-0.4, -0.2) is 32.8 Å². The molecule has 5 rings (SSSR count). The Morgan fingerprint density at radius 1 is 1.12 bits per heavy atom. The second-order valence-corrected chi connectivity index (χ2v) is 7.04. The van der Waals surface area contributed by atoms with Gasteiger partial charge in [-0.25, -0.2) is 4.98 Å². The third-order valence-corrected chi connectivity index (χ3v) is 5.34. The molecule has 2 aliphatic carbocycles. The molecule has 2 saturated carbocycles. The van der Waals surface area contributed by atoms with E-state index in [-0.39, 0.29) is 0 Å². The zero-order chi connectivity index (χ0) is 16.1. The highest BCUT2D eigenvalue weighted by Crippen LogP contribution is 2.44. The molecular weight excluding hydrogens is 298 g/mol. The average molecular weight is 319 g/mol. The Morgan fingerprint density at radius 2 is 1.92 bits per heavy atom. The molecule has 0 radical (unpaired) electrons. The second-order valence-electron chi connectivity index (χ2n) is 7.04. The fraction of sp³-hybridized carbons (Fsp3) is 0.421. The Balaban J connectivity index is 1.54. The minimum absolute atomic E-state index is 0.516. The van der Waals surface area contributed by atoms with Crippen LogP contribution in [0.1, 0.15) is 43.3 Å². The Morgan fingerprint density at radius 3 is 2.67 bits per heavy atom. The number of fused-ring (bicyclic) bond motifs is 1. The molecule has 0 atom stereocenters. The molecule has 2 fully saturated rings. The molecule has 5 nitrogen and oxygen atoms in total. The number of hydrogen-bond acceptors (Lipinski definition) is 4. The van der Waals surface area contributed by atoms with Gasteiger partial charge in [-0.3, -0.25) is 9.67 Å². The molecule has 0 saturated heterocycles. The van der Waals surface area contributed by atoms with Gasteiger partial charge in [-0.2, -0.15) is 5.10 Å². The van der Waals surface area contributed by atoms with Crippen LogP contribution >= 0.6 is 0 Å². The summed E-state index contributed by atoms with van der Waals surface area (Å²) in [6.45, 7) is 0. The molecule has 0 spiro atoms. The number of nitrogens with one attached hydrogen (secondary N) is 1. The first-order chi connectivity index (χ1) is 11.8. The van der Waals surface area contributed by atoms with Crippen LogP contribution in [0.4, 0.5) is 0 Å². The summed E-state index contributed by atoms with van der Waals surface area (Å²) in [6.07, 6.45) is 8.90. The van der Waals surface area contributed by atoms with Crippen molar-refractivity contribution in [3.05, 3.63) is 42.4 Å². The highest BCUT2D eigenvalue weighted by Gasteiger charge is 2.34. The molecule has 3 aromatic rings. The number of nitrogens with zero attached hydrogens (tertiary/aromatic N) is 4. The molecule has 2 aromatic heterocycles. The fourth-order valence-corrected chi connectivity index (χ4v) is 3.57. The molecular formula is C19H21N5. The van der Waals surface area contributed by atoms with E-state index in [2.05, 4.69) is 21.2 Å². The molecule has 0 amide bonds. The maximum absolute atomic E-state index is 4.94. The van der Waals surface area contributed by atoms with E-state index in [4.69, 9.17) is 10.1 Å². The van der Waals surface area contributed by atoms with Gasteiger partial charge in [0.15, 0.2) is 0 Å². The molecule has 122 valence electrons. The summed E-state index contributed by atoms with van der Waals surface area (Å²) in [7, 11) is 2.04. The summed E-state index contributed by atoms with van der Waals surface area (Å²) in [5.41, 5.74) is 5.23. The number of rotatable bonds is 4. The lowest BCUT2D eigenvalue weighted by molar-refractivity contribution is 0.219. The topological polar surface area (TPSA) is 55.6 Å². The Bertz CT molecular complexity index is 890. The monoisotopic (exact) mass is 319 g/mol. The third kappa shape index (κ3) is 2.31. The SMILES string of the molecule is CN[C@H]1C[C@H](n2cc(-c3cnc4ccccc4n3)c(C3CC3)n2)C1. The van der Waals surface area contributed by atoms with E-state index < -0.39 is 0 Å². The summed E-state index contributed by atoms with van der Waals surface area (Å²) >= 11 is 0. The number of para-hydroxylation sites is 2. The molecule has 2 aliphatic rings. The van der Waals surface area contributed by atoms with Gasteiger partial charge >= 0.3 is 0 Å². The van der Waals surface area contributed by atoms with Crippen molar-refractivity contribution in [2.75, 3.05) is 7.05 Å². The van der Waals surface area contributed by atoms with E-state index in [0.717, 1.165) is 29.6 Å². The molecule has 0 bridgehead atoms. The van der Waals surface area contributed by atoms with Crippen LogP contribution in [0.15, 0.2) is 36.7 Å². The smallest absolute Gasteiger partial charge is 0.0927 e. The first kappa shape index (κ1) is 14.1. The second kappa shape index (κ2) is 5.38. The molecule has 5 heteroatoms. The quantitative estimate of drug-likeness (QED) is 0.802. The van der Waals surface area contributed by atoms with Crippen LogP contribution in [0, 0.1) is 0 Å². The highest BCUT2D eigenvalue weighted by atomic mass is 15.3. The number of hydrogen-bond donors (Lipinski definition) is 1. The van der Waals surface area contributed by atoms with Crippen molar-refractivity contribution >= 4 is 11.0 Å². The van der Waals surface area contributed by atoms with Crippen molar-refractivity contribution in [3.63, 3.8) is 0 Å². The lowest BCUT2D eigenvalue weighted by atomic mass is 9.87. The van der Waals surface area contributed by atoms with Gasteiger partial charge in [-0.1, -0.05) is 12.1 Å². The van der Waals surface area contributed by atoms with E-state index >= 15 is 0 Å². The summed E-state index contributed by atoms with van der Waals surface area (Å²) < 4.78 is 2.17. The Labute approximate surface area is 141 Å². The van der Waals surface area contributed by atoms with Gasteiger partial charge in [0.25, 0.3) is 0 Å². The van der Waals surface area contributed by atoms with E-state index in [1.54, 1.807) is 0 Å². The van der Waals surface area contributed by atoms with E-state index in [1.165, 1.54) is 24.1 Å². The molecule has 0 aliphatic heterocycles. The van der Waals surface area contributed by atoms with Crippen LogP contribution < -0.4 is 5.32 Å². The Kier molecular flexibility index (Phi) is 3.16. The molecule has 0 unspecified atom stereocenters. The van der Waals surface area contributed by atoms with Gasteiger partial charge in [-0.05, 0) is 44.9 Å². The van der Waals surface area contributed by atoms with Crippen molar-refractivity contribution in [3.8, 4) is 11.3 Å². The first-order valence-electron chi connectivity index (χ1n) is 8.80. The lowest BCUT2D eigenvalue weighted by Gasteiger charge is -2.35. The predicted octanol–water partition coefficient (Wildman–Crippen LogP) is 3.29. The molecule has 1 aromatic carbocycles. The van der Waals surface area contributed by atoms with Gasteiger partial charge < -0.3 is 5.32 Å². The van der Waals surface area contributed by atoms with Crippen molar-refractivity contribution in [1.29, 1.82) is 0 Å². The minimum atomic E-state index is 0.516. The third-order valence-electron chi connectivity index (χ3n) is 5.34. The maximum Gasteiger partial charge on any atom is 0.0927 e. The average Bonchev–Trinajstić information content (AvgIpc) is 3.33. The van der Waals surface area contributed by atoms with Crippen molar-refractivity contribution in [2.24, 2.45) is 0 Å². The highest BCUT2D eigenvalue weighted by molar-refractivity contribution is 5.77. The van der Waals surface area contributed by atoms with Gasteiger partial charge in [0, 0.05) is 23.7 Å². The van der Waals surface area contributed by atoms with E-state index in [1.807, 2.05) is 37.5 Å². The largest absolute Gasteiger partial charge is 0.317 e. The predicted molar refractivity (Wildman–Crippen MR) is 93.9 cm³/mol. The summed E-state index contributed by atoms with van der Waals surface area (Å²) in [5, 5.41) is 8.29. The van der Waals surface area contributed by atoms with Crippen LogP contribution in [0.5, 0.6) is 0 Å². The normalized spacial score (nSPS) is 23.4. The van der Waals surface area contributed by atoms with Crippen LogP contribution in [0.3, 0.4) is 0 Å². The summed E-state index contributed by atoms with van der Waals surface area (Å²) in [6, 6.07) is 9.19. The zero-order valence-corrected chi connectivity index (χ0v) is 13.8. The summed E-state index contributed by atoms with van der Waals surface area (Å²) in [5.74, 6) is 0.606. The lowest BCUT2D eigenvalue weighted by Crippen LogP contribution is -2.40. The van der Waals surface area contributed by atoms with Crippen molar-refractivity contribution in [2.45, 2.75) is 43.7 Å². The van der Waals surface area contributed by atoms with Gasteiger partial charge in [0.1, 0.15) is 0 Å². The zero-order valence-electron chi connectivity index (χ0n) is 13.8. The first-order valence-corrected chi connectivity index (χ1v) is 8.80. The van der Waals surface area contributed by atoms with Gasteiger partial charge in [0.05, 0.1) is 34.7 Å². The van der Waals surface area contributed by atoms with Gasteiger partial charge in [-0.15, -0.1) is 0 Å². The molecule has 1 N–H and O–H groups in total. The summed E-state index contributed by atoms with van der Waals surface area (Å²) in [4.78, 5) is 9.42. The Hall–Kier alpha value is -2.27. The number of aromatic nitrogens is 4. The van der Waals surface area contributed by atoms with E-state index in [9.17, 15) is 0 Å². The standard InChI is InChI=1S/C19H21N5/c1-20-13-8-14(9-13)24-11-15(19(23-24)12-6-7-12)18-10-21-16-4-2-3-5-17(16)22-18/h2-5,10-14,20H,6-9H2,1H3/t13-,14-. The van der Waals surface area contributed by atoms with Crippen LogP contribution in [0.2, 0.25) is 0 Å². The molecule has 2 heterocycles. The van der Waals surface area contributed by atoms with Crippen LogP contribution in [-0.2, 0) is 0 Å². The minimum Gasteiger partial charge on any atom is -0.317 e. The maximum atomic E-state index is 4.94. The van der Waals surface area contributed by atoms with Gasteiger partial charge in [0.2, 0.25) is 0 Å². The number of benzene rings is 1. The van der Waals surface area contributed by atoms with E-state index in [0.29, 0.717) is 18.0 Å². The fourth-order valence-electron chi connectivity index (χ4n) is 3.57. The van der Waals surface area contributed by atoms with Crippen LogP contribution in [0.25, 0.3) is 22.3 Å². The van der Waals surface area contributed by atoms with Crippen molar-refractivity contribution in [1.82, 2.24) is 25.1 Å².